The number of halogens is 1. The smallest absolute Gasteiger partial charge is 0.193 e. The first-order chi connectivity index (χ1) is 5.17. The molecule has 2 nitrogen and oxygen atoms in total. The maximum absolute atomic E-state index is 11.1. The van der Waals surface area contributed by atoms with E-state index in [0.29, 0.717) is 4.90 Å². The minimum atomic E-state index is -3.21. The molecule has 0 spiro atoms. The Bertz CT molecular complexity index is 318. The molecule has 1 rings (SSSR count). The van der Waals surface area contributed by atoms with Gasteiger partial charge < -0.3 is 0 Å². The lowest BCUT2D eigenvalue weighted by Crippen LogP contribution is -1.96. The summed E-state index contributed by atoms with van der Waals surface area (Å²) < 4.78 is 23.2. The Morgan fingerprint density at radius 1 is 1.18 bits per heavy atom. The quantitative estimate of drug-likeness (QED) is 0.783. The van der Waals surface area contributed by atoms with Crippen LogP contribution in [-0.2, 0) is 9.84 Å². The van der Waals surface area contributed by atoms with Crippen molar-refractivity contribution in [2.24, 2.45) is 0 Å². The van der Waals surface area contributed by atoms with Crippen molar-refractivity contribution >= 4 is 25.8 Å². The van der Waals surface area contributed by atoms with Crippen LogP contribution >= 0.6 is 15.9 Å². The van der Waals surface area contributed by atoms with E-state index in [1.54, 1.807) is 30.3 Å². The highest BCUT2D eigenvalue weighted by Crippen LogP contribution is 2.14. The van der Waals surface area contributed by atoms with Crippen molar-refractivity contribution in [1.82, 2.24) is 0 Å². The zero-order valence-corrected chi connectivity index (χ0v) is 7.97. The second kappa shape index (κ2) is 3.36. The van der Waals surface area contributed by atoms with E-state index < -0.39 is 9.84 Å². The molecule has 1 aromatic rings. The van der Waals surface area contributed by atoms with Gasteiger partial charge in [-0.3, -0.25) is 0 Å². The monoisotopic (exact) mass is 233 g/mol. The fourth-order valence-electron chi connectivity index (χ4n) is 0.662. The molecule has 0 aromatic heterocycles. The topological polar surface area (TPSA) is 34.1 Å². The molecule has 0 N–H and O–H groups in total. The predicted octanol–water partition coefficient (Wildman–Crippen LogP) is 1.97. The fourth-order valence-corrected chi connectivity index (χ4v) is 1.95. The Labute approximate surface area is 74.3 Å². The highest BCUT2D eigenvalue weighted by Gasteiger charge is 2.10. The number of hydrogen-bond donors (Lipinski definition) is 0. The van der Waals surface area contributed by atoms with Crippen molar-refractivity contribution in [2.75, 3.05) is 0 Å². The molecule has 0 amide bonds. The normalized spacial score (nSPS) is 11.4. The molecule has 4 heteroatoms. The molecule has 11 heavy (non-hydrogen) atoms. The summed E-state index contributed by atoms with van der Waals surface area (Å²) >= 11 is 2.79. The summed E-state index contributed by atoms with van der Waals surface area (Å²) in [5, 5.41) is 0. The molecule has 0 saturated heterocycles. The van der Waals surface area contributed by atoms with Crippen LogP contribution in [0.5, 0.6) is 0 Å². The van der Waals surface area contributed by atoms with Gasteiger partial charge in [-0.15, -0.1) is 0 Å². The van der Waals surface area contributed by atoms with Crippen molar-refractivity contribution in [3.05, 3.63) is 35.0 Å². The molecule has 0 heterocycles. The van der Waals surface area contributed by atoms with Gasteiger partial charge in [-0.25, -0.2) is 8.42 Å². The third-order valence-corrected chi connectivity index (χ3v) is 3.83. The molecule has 0 fully saturated rings. The largest absolute Gasteiger partial charge is 0.222 e. The third-order valence-electron chi connectivity index (χ3n) is 1.19. The van der Waals surface area contributed by atoms with E-state index in [0.717, 1.165) is 4.66 Å². The lowest BCUT2D eigenvalue weighted by Gasteiger charge is -1.96. The van der Waals surface area contributed by atoms with Gasteiger partial charge in [0.2, 0.25) is 0 Å². The summed E-state index contributed by atoms with van der Waals surface area (Å²) in [6.07, 6.45) is 0. The van der Waals surface area contributed by atoms with Crippen molar-refractivity contribution < 1.29 is 8.42 Å². The number of benzene rings is 1. The second-order valence-corrected chi connectivity index (χ2v) is 4.81. The van der Waals surface area contributed by atoms with Crippen LogP contribution in [0.4, 0.5) is 0 Å². The highest BCUT2D eigenvalue weighted by atomic mass is 79.9. The van der Waals surface area contributed by atoms with Gasteiger partial charge >= 0.3 is 0 Å². The first kappa shape index (κ1) is 8.74. The summed E-state index contributed by atoms with van der Waals surface area (Å²) in [6.45, 7) is 0. The van der Waals surface area contributed by atoms with Gasteiger partial charge in [-0.05, 0) is 12.1 Å². The number of hydrogen-bond acceptors (Lipinski definition) is 2. The van der Waals surface area contributed by atoms with Crippen LogP contribution in [0, 0.1) is 4.66 Å². The molecule has 1 aromatic carbocycles. The third kappa shape index (κ3) is 2.04. The fraction of sp³-hybridized carbons (Fsp3) is 0. The van der Waals surface area contributed by atoms with Crippen LogP contribution in [0.3, 0.4) is 0 Å². The van der Waals surface area contributed by atoms with Crippen molar-refractivity contribution in [1.29, 1.82) is 0 Å². The van der Waals surface area contributed by atoms with Gasteiger partial charge in [0, 0.05) is 0 Å². The van der Waals surface area contributed by atoms with E-state index in [-0.39, 0.29) is 0 Å². The van der Waals surface area contributed by atoms with Gasteiger partial charge in [0.1, 0.15) is 4.66 Å². The van der Waals surface area contributed by atoms with E-state index >= 15 is 0 Å². The molecular weight excluding hydrogens is 228 g/mol. The van der Waals surface area contributed by atoms with E-state index in [1.807, 2.05) is 0 Å². The first-order valence-corrected chi connectivity index (χ1v) is 5.36. The van der Waals surface area contributed by atoms with Gasteiger partial charge in [-0.1, -0.05) is 34.1 Å². The average molecular weight is 234 g/mol. The Hall–Kier alpha value is -0.350. The Morgan fingerprint density at radius 3 is 2.18 bits per heavy atom. The van der Waals surface area contributed by atoms with E-state index in [1.165, 1.54) is 0 Å². The Balaban J connectivity index is 3.14. The molecule has 0 aliphatic heterocycles. The van der Waals surface area contributed by atoms with Crippen LogP contribution in [0.1, 0.15) is 0 Å². The lowest BCUT2D eigenvalue weighted by atomic mass is 10.4. The second-order valence-electron chi connectivity index (χ2n) is 1.95. The van der Waals surface area contributed by atoms with E-state index in [2.05, 4.69) is 15.9 Å². The SMILES string of the molecule is O=S(=O)([CH]Br)c1ccccc1. The molecule has 59 valence electrons. The Morgan fingerprint density at radius 2 is 1.73 bits per heavy atom. The molecular formula is C7H6BrO2S. The standard InChI is InChI=1S/C7H6BrO2S/c8-6-11(9,10)7-4-2-1-3-5-7/h1-6H. The van der Waals surface area contributed by atoms with Gasteiger partial charge in [-0.2, -0.15) is 0 Å². The molecule has 0 unspecified atom stereocenters. The van der Waals surface area contributed by atoms with Gasteiger partial charge in [0.25, 0.3) is 0 Å². The predicted molar refractivity (Wildman–Crippen MR) is 46.9 cm³/mol. The lowest BCUT2D eigenvalue weighted by molar-refractivity contribution is 0.604. The van der Waals surface area contributed by atoms with Crippen LogP contribution in [-0.4, -0.2) is 8.42 Å². The molecule has 0 aliphatic rings. The number of rotatable bonds is 2. The van der Waals surface area contributed by atoms with Gasteiger partial charge in [0.15, 0.2) is 9.84 Å². The summed E-state index contributed by atoms with van der Waals surface area (Å²) in [5.41, 5.74) is 0. The van der Waals surface area contributed by atoms with E-state index in [4.69, 9.17) is 0 Å². The van der Waals surface area contributed by atoms with Crippen LogP contribution in [0.25, 0.3) is 0 Å². The first-order valence-electron chi connectivity index (χ1n) is 2.90. The summed E-state index contributed by atoms with van der Waals surface area (Å²) in [4.78, 5) is 0.303. The highest BCUT2D eigenvalue weighted by molar-refractivity contribution is 9.12. The van der Waals surface area contributed by atoms with Gasteiger partial charge in [0.05, 0.1) is 4.90 Å². The average Bonchev–Trinajstić information content (AvgIpc) is 2.06. The minimum absolute atomic E-state index is 0.303. The molecule has 0 saturated carbocycles. The molecule has 1 radical (unpaired) electrons. The van der Waals surface area contributed by atoms with Crippen LogP contribution in [0.15, 0.2) is 35.2 Å². The minimum Gasteiger partial charge on any atom is -0.222 e. The summed E-state index contributed by atoms with van der Waals surface area (Å²) in [7, 11) is -3.21. The maximum atomic E-state index is 11.1. The van der Waals surface area contributed by atoms with Crippen molar-refractivity contribution in [3.63, 3.8) is 0 Å². The van der Waals surface area contributed by atoms with Crippen molar-refractivity contribution in [3.8, 4) is 0 Å². The zero-order chi connectivity index (χ0) is 8.32. The van der Waals surface area contributed by atoms with Crippen LogP contribution < -0.4 is 0 Å². The summed E-state index contributed by atoms with van der Waals surface area (Å²) in [6, 6.07) is 8.24. The maximum Gasteiger partial charge on any atom is 0.193 e. The molecule has 0 bridgehead atoms. The van der Waals surface area contributed by atoms with E-state index in [9.17, 15) is 8.42 Å². The number of sulfone groups is 1. The zero-order valence-electron chi connectivity index (χ0n) is 5.57. The summed E-state index contributed by atoms with van der Waals surface area (Å²) in [5.74, 6) is 0. The molecule has 0 atom stereocenters. The molecule has 0 aliphatic carbocycles. The van der Waals surface area contributed by atoms with Crippen molar-refractivity contribution in [2.45, 2.75) is 4.90 Å². The Kier molecular flexibility index (Phi) is 2.67. The van der Waals surface area contributed by atoms with Crippen LogP contribution in [0.2, 0.25) is 0 Å².